The molecule has 4 aromatic rings. The molecule has 2 heterocycles. The summed E-state index contributed by atoms with van der Waals surface area (Å²) in [5.74, 6) is 5.19. The van der Waals surface area contributed by atoms with Gasteiger partial charge in [0.15, 0.2) is 0 Å². The maximum absolute atomic E-state index is 13.1. The van der Waals surface area contributed by atoms with Crippen LogP contribution in [0.2, 0.25) is 0 Å². The minimum Gasteiger partial charge on any atom is -0.444 e. The second-order valence-corrected chi connectivity index (χ2v) is 14.6. The second kappa shape index (κ2) is 20.7. The van der Waals surface area contributed by atoms with E-state index in [1.54, 1.807) is 11.7 Å². The minimum atomic E-state index is -0.993. The van der Waals surface area contributed by atoms with Crippen LogP contribution in [0.4, 0.5) is 9.59 Å². The molecule has 0 saturated carbocycles. The monoisotopic (exact) mass is 757 g/mol. The van der Waals surface area contributed by atoms with E-state index in [4.69, 9.17) is 16.3 Å². The number of aromatic nitrogens is 2. The number of nitrogens with zero attached hydrogens (tertiary/aromatic N) is 3. The lowest BCUT2D eigenvalue weighted by molar-refractivity contribution is -0.121. The summed E-state index contributed by atoms with van der Waals surface area (Å²) in [6.45, 7) is 6.11. The maximum Gasteiger partial charge on any atom is 0.407 e. The Morgan fingerprint density at radius 1 is 0.980 bits per heavy atom. The van der Waals surface area contributed by atoms with E-state index >= 15 is 0 Å². The van der Waals surface area contributed by atoms with Gasteiger partial charge in [-0.3, -0.25) is 14.8 Å². The number of hydrogen-bond acceptors (Lipinski definition) is 10. The zero-order chi connectivity index (χ0) is 36.0. The van der Waals surface area contributed by atoms with Crippen molar-refractivity contribution in [2.75, 3.05) is 0 Å². The summed E-state index contributed by atoms with van der Waals surface area (Å²) >= 11 is 2.90. The highest BCUT2D eigenvalue weighted by atomic mass is 35.5. The number of ether oxygens (including phenoxy) is 1. The third-order valence-electron chi connectivity index (χ3n) is 8.44. The molecule has 7 N–H and O–H groups in total. The van der Waals surface area contributed by atoms with Crippen molar-refractivity contribution in [1.82, 2.24) is 25.6 Å². The van der Waals surface area contributed by atoms with E-state index in [0.29, 0.717) is 31.4 Å². The molecule has 276 valence electrons. The lowest BCUT2D eigenvalue weighted by atomic mass is 9.82. The van der Waals surface area contributed by atoms with Crippen molar-refractivity contribution in [3.63, 3.8) is 0 Å². The molecule has 4 rings (SSSR count). The van der Waals surface area contributed by atoms with Gasteiger partial charge in [-0.2, -0.15) is 0 Å². The number of amides is 4. The number of benzene rings is 2. The normalized spacial score (nSPS) is 14.0. The van der Waals surface area contributed by atoms with E-state index in [-0.39, 0.29) is 43.3 Å². The molecule has 0 saturated heterocycles. The average Bonchev–Trinajstić information content (AvgIpc) is 3.81. The Labute approximate surface area is 313 Å². The number of carbonyl (C=O) groups is 3. The van der Waals surface area contributed by atoms with Crippen LogP contribution in [-0.4, -0.2) is 56.3 Å². The minimum absolute atomic E-state index is 0. The Morgan fingerprint density at radius 2 is 1.67 bits per heavy atom. The third kappa shape index (κ3) is 13.2. The molecule has 5 atom stereocenters. The van der Waals surface area contributed by atoms with Crippen LogP contribution in [0.5, 0.6) is 0 Å². The van der Waals surface area contributed by atoms with Gasteiger partial charge in [-0.15, -0.1) is 35.1 Å². The molecule has 12 nitrogen and oxygen atoms in total. The number of aliphatic hydroxyl groups is 1. The molecule has 0 fully saturated rings. The van der Waals surface area contributed by atoms with Crippen LogP contribution in [0, 0.1) is 5.92 Å². The van der Waals surface area contributed by atoms with E-state index in [1.807, 2.05) is 86.8 Å². The van der Waals surface area contributed by atoms with Crippen LogP contribution >= 0.6 is 35.1 Å². The molecule has 2 unspecified atom stereocenters. The number of rotatable bonds is 18. The predicted molar refractivity (Wildman–Crippen MR) is 202 cm³/mol. The lowest BCUT2D eigenvalue weighted by Gasteiger charge is -2.30. The smallest absolute Gasteiger partial charge is 0.407 e. The number of hydrazine groups is 1. The van der Waals surface area contributed by atoms with Crippen molar-refractivity contribution in [3.05, 3.63) is 104 Å². The topological polar surface area (TPSA) is 186 Å². The van der Waals surface area contributed by atoms with Crippen molar-refractivity contribution in [1.29, 1.82) is 0 Å². The van der Waals surface area contributed by atoms with Gasteiger partial charge in [0.05, 0.1) is 39.8 Å². The number of primary amides is 1. The second-order valence-electron chi connectivity index (χ2n) is 12.7. The largest absolute Gasteiger partial charge is 0.444 e. The molecule has 0 radical (unpaired) electrons. The molecule has 0 aliphatic rings. The summed E-state index contributed by atoms with van der Waals surface area (Å²) in [6.07, 6.45) is 1.85. The average molecular weight is 758 g/mol. The van der Waals surface area contributed by atoms with Gasteiger partial charge in [0.25, 0.3) is 0 Å². The zero-order valence-electron chi connectivity index (χ0n) is 29.0. The van der Waals surface area contributed by atoms with Gasteiger partial charge >= 0.3 is 12.1 Å². The van der Waals surface area contributed by atoms with E-state index < -0.39 is 36.2 Å². The van der Waals surface area contributed by atoms with Gasteiger partial charge in [0.1, 0.15) is 12.6 Å². The fraction of sp³-hybridized carbons (Fsp3) is 0.417. The fourth-order valence-electron chi connectivity index (χ4n) is 5.71. The summed E-state index contributed by atoms with van der Waals surface area (Å²) in [7, 11) is 0. The van der Waals surface area contributed by atoms with Crippen LogP contribution in [0.3, 0.4) is 0 Å². The number of aliphatic hydroxyl groups excluding tert-OH is 1. The van der Waals surface area contributed by atoms with Gasteiger partial charge in [0.2, 0.25) is 5.91 Å². The van der Waals surface area contributed by atoms with Crippen molar-refractivity contribution < 1.29 is 24.2 Å². The highest BCUT2D eigenvalue weighted by molar-refractivity contribution is 7.09. The van der Waals surface area contributed by atoms with Crippen LogP contribution < -0.4 is 22.2 Å². The molecule has 2 aromatic carbocycles. The van der Waals surface area contributed by atoms with E-state index in [0.717, 1.165) is 26.0 Å². The van der Waals surface area contributed by atoms with Crippen LogP contribution in [0.15, 0.2) is 77.8 Å². The Hall–Kier alpha value is -4.08. The van der Waals surface area contributed by atoms with Crippen molar-refractivity contribution >= 4 is 53.1 Å². The van der Waals surface area contributed by atoms with E-state index in [1.165, 1.54) is 22.7 Å². The van der Waals surface area contributed by atoms with Crippen LogP contribution in [-0.2, 0) is 29.1 Å². The quantitative estimate of drug-likeness (QED) is 0.0474. The fourth-order valence-corrected chi connectivity index (χ4v) is 7.05. The molecule has 0 spiro atoms. The Kier molecular flexibility index (Phi) is 16.8. The molecule has 4 amide bonds. The van der Waals surface area contributed by atoms with Gasteiger partial charge in [-0.25, -0.2) is 20.4 Å². The van der Waals surface area contributed by atoms with Crippen molar-refractivity contribution in [3.8, 4) is 0 Å². The number of nitrogens with two attached hydrogens (primary N) is 2. The number of nitrogens with one attached hydrogen (secondary N) is 2. The molecule has 0 aliphatic carbocycles. The van der Waals surface area contributed by atoms with Gasteiger partial charge in [-0.1, -0.05) is 81.4 Å². The number of hydrogen-bond donors (Lipinski definition) is 5. The Bertz CT molecular complexity index is 1630. The Balaban J connectivity index is 0.00000702. The molecule has 15 heteroatoms. The van der Waals surface area contributed by atoms with Crippen LogP contribution in [0.1, 0.15) is 78.6 Å². The third-order valence-corrected chi connectivity index (χ3v) is 10.4. The van der Waals surface area contributed by atoms with Crippen molar-refractivity contribution in [2.24, 2.45) is 17.5 Å². The van der Waals surface area contributed by atoms with Gasteiger partial charge in [0, 0.05) is 17.5 Å². The standard InChI is InChI=1S/C36H47N7O5S2.ClH/c1-23(2)34-40-28(21-49-34)19-43(38)35(46)42-32(33(37)45)24(3)16-27(26-12-8-5-9-13-26)14-15-31(44)30(17-25-10-6-4-7-11-25)41-36(47)48-20-29-18-39-22-50-29;/h4-13,18,21-24,27,30-32,44H,14-17,19-20,38H2,1-3H3,(H2,37,45)(H,41,47)(H,42,46);1H/t24-,27-,30?,31?,32-;/m0./s1. The number of urea groups is 1. The highest BCUT2D eigenvalue weighted by Crippen LogP contribution is 2.31. The summed E-state index contributed by atoms with van der Waals surface area (Å²) in [6, 6.07) is 17.2. The van der Waals surface area contributed by atoms with Gasteiger partial charge < -0.3 is 26.2 Å². The SMILES string of the molecule is CC(C)c1nc(CN(N)C(=O)N[C@H](C(N)=O)[C@@H](C)C[C@H](CCC(O)C(Cc2ccccc2)NC(=O)OCc2cncs2)c2ccccc2)cs1.Cl. The molecular formula is C36H48ClN7O5S2. The number of thiazole rings is 2. The first kappa shape index (κ1) is 41.3. The zero-order valence-corrected chi connectivity index (χ0v) is 31.5. The first-order chi connectivity index (χ1) is 24.0. The van der Waals surface area contributed by atoms with Crippen LogP contribution in [0.25, 0.3) is 0 Å². The maximum atomic E-state index is 13.1. The van der Waals surface area contributed by atoms with Gasteiger partial charge in [-0.05, 0) is 48.6 Å². The van der Waals surface area contributed by atoms with E-state index in [9.17, 15) is 19.5 Å². The number of halogens is 1. The highest BCUT2D eigenvalue weighted by Gasteiger charge is 2.30. The molecule has 2 aromatic heterocycles. The van der Waals surface area contributed by atoms with E-state index in [2.05, 4.69) is 20.6 Å². The first-order valence-corrected chi connectivity index (χ1v) is 18.4. The molecule has 0 bridgehead atoms. The first-order valence-electron chi connectivity index (χ1n) is 16.6. The molecule has 51 heavy (non-hydrogen) atoms. The number of alkyl carbamates (subject to hydrolysis) is 1. The summed E-state index contributed by atoms with van der Waals surface area (Å²) in [5.41, 5.74) is 10.1. The number of carbonyl (C=O) groups excluding carboxylic acids is 3. The lowest BCUT2D eigenvalue weighted by Crippen LogP contribution is -2.54. The summed E-state index contributed by atoms with van der Waals surface area (Å²) in [4.78, 5) is 47.9. The van der Waals surface area contributed by atoms with Crippen molar-refractivity contribution in [2.45, 2.75) is 89.6 Å². The summed E-state index contributed by atoms with van der Waals surface area (Å²) in [5, 5.41) is 20.9. The Morgan fingerprint density at radius 3 is 2.27 bits per heavy atom. The predicted octanol–water partition coefficient (Wildman–Crippen LogP) is 5.87. The summed E-state index contributed by atoms with van der Waals surface area (Å²) < 4.78 is 5.41. The molecule has 0 aliphatic heterocycles. The molecular weight excluding hydrogens is 710 g/mol.